The third-order valence-corrected chi connectivity index (χ3v) is 5.95. The number of ketones is 1. The van der Waals surface area contributed by atoms with Crippen molar-refractivity contribution in [2.75, 3.05) is 12.4 Å². The Labute approximate surface area is 168 Å². The molecule has 0 spiro atoms. The standard InChI is InChI=1S/C21H23NO5S/c1-13(2)15-6-8-16(9-7-15)18(24)11-27-21(25)17-12-28-20(22(17)14(3)23)19-5-4-10-26-19/h4-10,13,17,20H,11-12H2,1-3H3/t17-,20-/m0/s1. The number of ether oxygens (including phenoxy) is 1. The third-order valence-electron chi connectivity index (χ3n) is 4.67. The molecule has 1 fully saturated rings. The van der Waals surface area contributed by atoms with E-state index >= 15 is 0 Å². The summed E-state index contributed by atoms with van der Waals surface area (Å²) in [5, 5.41) is -0.371. The van der Waals surface area contributed by atoms with Crippen molar-refractivity contribution in [3.63, 3.8) is 0 Å². The molecule has 2 aromatic rings. The smallest absolute Gasteiger partial charge is 0.330 e. The first-order valence-corrected chi connectivity index (χ1v) is 10.2. The van der Waals surface area contributed by atoms with Crippen molar-refractivity contribution in [3.8, 4) is 0 Å². The van der Waals surface area contributed by atoms with Gasteiger partial charge < -0.3 is 14.1 Å². The molecule has 2 heterocycles. The monoisotopic (exact) mass is 401 g/mol. The number of carbonyl (C=O) groups excluding carboxylic acids is 3. The topological polar surface area (TPSA) is 76.8 Å². The van der Waals surface area contributed by atoms with Crippen LogP contribution in [0.5, 0.6) is 0 Å². The Bertz CT molecular complexity index is 844. The number of nitrogens with zero attached hydrogens (tertiary/aromatic N) is 1. The van der Waals surface area contributed by atoms with Crippen LogP contribution in [0.3, 0.4) is 0 Å². The molecule has 1 aliphatic rings. The molecule has 7 heteroatoms. The Kier molecular flexibility index (Phi) is 6.24. The number of amides is 1. The molecule has 0 aliphatic carbocycles. The molecule has 0 N–H and O–H groups in total. The zero-order valence-electron chi connectivity index (χ0n) is 16.1. The first kappa shape index (κ1) is 20.2. The molecule has 28 heavy (non-hydrogen) atoms. The lowest BCUT2D eigenvalue weighted by Gasteiger charge is -2.25. The van der Waals surface area contributed by atoms with Crippen LogP contribution in [0.1, 0.15) is 53.7 Å². The van der Waals surface area contributed by atoms with E-state index in [1.807, 2.05) is 12.1 Å². The quantitative estimate of drug-likeness (QED) is 0.541. The van der Waals surface area contributed by atoms with Gasteiger partial charge in [0.15, 0.2) is 12.4 Å². The Hall–Kier alpha value is -2.54. The van der Waals surface area contributed by atoms with Gasteiger partial charge in [0, 0.05) is 18.2 Å². The number of rotatable bonds is 6. The van der Waals surface area contributed by atoms with Crippen molar-refractivity contribution in [2.45, 2.75) is 38.1 Å². The maximum Gasteiger partial charge on any atom is 0.330 e. The number of furan rings is 1. The Morgan fingerprint density at radius 3 is 2.50 bits per heavy atom. The van der Waals surface area contributed by atoms with Crippen molar-refractivity contribution in [1.29, 1.82) is 0 Å². The van der Waals surface area contributed by atoms with Crippen LogP contribution in [-0.2, 0) is 14.3 Å². The van der Waals surface area contributed by atoms with Crippen LogP contribution in [0, 0.1) is 0 Å². The minimum Gasteiger partial charge on any atom is -0.466 e. The van der Waals surface area contributed by atoms with Crippen LogP contribution in [-0.4, -0.2) is 41.0 Å². The summed E-state index contributed by atoms with van der Waals surface area (Å²) >= 11 is 1.43. The molecular weight excluding hydrogens is 378 g/mol. The molecule has 1 saturated heterocycles. The molecular formula is C21H23NO5S. The lowest BCUT2D eigenvalue weighted by Crippen LogP contribution is -2.43. The van der Waals surface area contributed by atoms with Crippen LogP contribution in [0.4, 0.5) is 0 Å². The molecule has 1 aromatic heterocycles. The minimum atomic E-state index is -0.742. The molecule has 1 aliphatic heterocycles. The molecule has 6 nitrogen and oxygen atoms in total. The largest absolute Gasteiger partial charge is 0.466 e. The number of thioether (sulfide) groups is 1. The van der Waals surface area contributed by atoms with Gasteiger partial charge in [0.1, 0.15) is 17.2 Å². The summed E-state index contributed by atoms with van der Waals surface area (Å²) < 4.78 is 10.6. The summed E-state index contributed by atoms with van der Waals surface area (Å²) in [4.78, 5) is 38.4. The molecule has 148 valence electrons. The van der Waals surface area contributed by atoms with Gasteiger partial charge in [-0.1, -0.05) is 38.1 Å². The van der Waals surface area contributed by atoms with Crippen molar-refractivity contribution in [1.82, 2.24) is 4.90 Å². The van der Waals surface area contributed by atoms with Gasteiger partial charge in [-0.05, 0) is 23.6 Å². The highest BCUT2D eigenvalue weighted by Crippen LogP contribution is 2.41. The minimum absolute atomic E-state index is 0.246. The number of carbonyl (C=O) groups is 3. The third kappa shape index (κ3) is 4.30. The lowest BCUT2D eigenvalue weighted by atomic mass is 10.0. The number of Topliss-reactive ketones (excluding diaryl/α,β-unsaturated/α-hetero) is 1. The van der Waals surface area contributed by atoms with E-state index in [-0.39, 0.29) is 23.7 Å². The number of esters is 1. The van der Waals surface area contributed by atoms with E-state index in [4.69, 9.17) is 9.15 Å². The van der Waals surface area contributed by atoms with Gasteiger partial charge in [0.25, 0.3) is 0 Å². The maximum absolute atomic E-state index is 12.5. The zero-order chi connectivity index (χ0) is 20.3. The first-order chi connectivity index (χ1) is 13.4. The van der Waals surface area contributed by atoms with E-state index in [0.717, 1.165) is 5.56 Å². The van der Waals surface area contributed by atoms with Crippen molar-refractivity contribution < 1.29 is 23.5 Å². The van der Waals surface area contributed by atoms with Gasteiger partial charge in [0.2, 0.25) is 5.91 Å². The van der Waals surface area contributed by atoms with Gasteiger partial charge >= 0.3 is 5.97 Å². The molecule has 2 atom stereocenters. The molecule has 1 aromatic carbocycles. The lowest BCUT2D eigenvalue weighted by molar-refractivity contribution is -0.152. The second-order valence-corrected chi connectivity index (χ2v) is 8.06. The van der Waals surface area contributed by atoms with E-state index in [0.29, 0.717) is 23.0 Å². The van der Waals surface area contributed by atoms with Crippen LogP contribution in [0.25, 0.3) is 0 Å². The highest BCUT2D eigenvalue weighted by atomic mass is 32.2. The predicted octanol–water partition coefficient (Wildman–Crippen LogP) is 3.79. The Morgan fingerprint density at radius 2 is 1.93 bits per heavy atom. The first-order valence-electron chi connectivity index (χ1n) is 9.12. The Balaban J connectivity index is 1.62. The summed E-state index contributed by atoms with van der Waals surface area (Å²) in [6.45, 7) is 5.21. The van der Waals surface area contributed by atoms with Gasteiger partial charge in [-0.3, -0.25) is 9.59 Å². The Morgan fingerprint density at radius 1 is 1.21 bits per heavy atom. The van der Waals surface area contributed by atoms with Crippen LogP contribution >= 0.6 is 11.8 Å². The molecule has 0 saturated carbocycles. The average Bonchev–Trinajstić information content (AvgIpc) is 3.35. The summed E-state index contributed by atoms with van der Waals surface area (Å²) in [6, 6.07) is 10.1. The summed E-state index contributed by atoms with van der Waals surface area (Å²) in [7, 11) is 0. The number of benzene rings is 1. The van der Waals surface area contributed by atoms with Gasteiger partial charge in [-0.2, -0.15) is 0 Å². The molecule has 1 amide bonds. The highest BCUT2D eigenvalue weighted by Gasteiger charge is 2.43. The van der Waals surface area contributed by atoms with E-state index < -0.39 is 12.0 Å². The maximum atomic E-state index is 12.5. The number of hydrogen-bond donors (Lipinski definition) is 0. The van der Waals surface area contributed by atoms with E-state index in [9.17, 15) is 14.4 Å². The average molecular weight is 401 g/mol. The second kappa shape index (κ2) is 8.65. The van der Waals surface area contributed by atoms with Crippen LogP contribution < -0.4 is 0 Å². The fourth-order valence-electron chi connectivity index (χ4n) is 3.09. The highest BCUT2D eigenvalue weighted by molar-refractivity contribution is 7.99. The van der Waals surface area contributed by atoms with Gasteiger partial charge in [0.05, 0.1) is 6.26 Å². The van der Waals surface area contributed by atoms with Crippen LogP contribution in [0.2, 0.25) is 0 Å². The fourth-order valence-corrected chi connectivity index (χ4v) is 4.51. The summed E-state index contributed by atoms with van der Waals surface area (Å²) in [5.41, 5.74) is 1.63. The van der Waals surface area contributed by atoms with Crippen molar-refractivity contribution >= 4 is 29.4 Å². The summed E-state index contributed by atoms with van der Waals surface area (Å²) in [6.07, 6.45) is 1.53. The van der Waals surface area contributed by atoms with Gasteiger partial charge in [-0.25, -0.2) is 4.79 Å². The fraction of sp³-hybridized carbons (Fsp3) is 0.381. The predicted molar refractivity (Wildman–Crippen MR) is 106 cm³/mol. The molecule has 0 unspecified atom stereocenters. The van der Waals surface area contributed by atoms with Crippen LogP contribution in [0.15, 0.2) is 47.1 Å². The molecule has 0 bridgehead atoms. The molecule has 0 radical (unpaired) electrons. The zero-order valence-corrected chi connectivity index (χ0v) is 16.9. The SMILES string of the molecule is CC(=O)N1[C@H](C(=O)OCC(=O)c2ccc(C(C)C)cc2)CS[C@H]1c1ccco1. The van der Waals surface area contributed by atoms with E-state index in [1.165, 1.54) is 29.8 Å². The van der Waals surface area contributed by atoms with Gasteiger partial charge in [-0.15, -0.1) is 11.8 Å². The van der Waals surface area contributed by atoms with E-state index in [1.54, 1.807) is 24.3 Å². The number of hydrogen-bond acceptors (Lipinski definition) is 6. The van der Waals surface area contributed by atoms with Crippen molar-refractivity contribution in [3.05, 3.63) is 59.5 Å². The normalized spacial score (nSPS) is 19.1. The molecule has 3 rings (SSSR count). The summed E-state index contributed by atoms with van der Waals surface area (Å²) in [5.74, 6) is 0.276. The van der Waals surface area contributed by atoms with E-state index in [2.05, 4.69) is 13.8 Å². The second-order valence-electron chi connectivity index (χ2n) is 6.95. The van der Waals surface area contributed by atoms with Crippen molar-refractivity contribution in [2.24, 2.45) is 0 Å².